The molecule has 0 spiro atoms. The van der Waals surface area contributed by atoms with Crippen molar-refractivity contribution in [1.82, 2.24) is 5.32 Å². The molecule has 0 aromatic heterocycles. The second-order valence-corrected chi connectivity index (χ2v) is 7.27. The van der Waals surface area contributed by atoms with Gasteiger partial charge in [-0.2, -0.15) is 5.26 Å². The fourth-order valence-corrected chi connectivity index (χ4v) is 2.99. The summed E-state index contributed by atoms with van der Waals surface area (Å²) >= 11 is 2.18. The highest BCUT2D eigenvalue weighted by atomic mass is 127. The Morgan fingerprint density at radius 1 is 1.00 bits per heavy atom. The van der Waals surface area contributed by atoms with Crippen LogP contribution in [-0.4, -0.2) is 17.0 Å². The normalized spacial score (nSPS) is 10.7. The number of halogens is 1. The molecule has 0 aliphatic heterocycles. The van der Waals surface area contributed by atoms with E-state index in [0.29, 0.717) is 16.9 Å². The summed E-state index contributed by atoms with van der Waals surface area (Å²) in [6, 6.07) is 22.3. The Bertz CT molecular complexity index is 1150. The van der Waals surface area contributed by atoms with E-state index in [4.69, 9.17) is 10.00 Å². The maximum Gasteiger partial charge on any atom is 0.352 e. The van der Waals surface area contributed by atoms with Gasteiger partial charge in [-0.3, -0.25) is 4.79 Å². The van der Waals surface area contributed by atoms with Crippen LogP contribution in [0.1, 0.15) is 21.5 Å². The predicted molar refractivity (Wildman–Crippen MR) is 120 cm³/mol. The van der Waals surface area contributed by atoms with Crippen LogP contribution < -0.4 is 10.1 Å². The van der Waals surface area contributed by atoms with Crippen LogP contribution in [0.5, 0.6) is 11.5 Å². The number of nitrogens with zero attached hydrogens (tertiary/aromatic N) is 1. The van der Waals surface area contributed by atoms with Crippen molar-refractivity contribution >= 4 is 40.5 Å². The van der Waals surface area contributed by atoms with Gasteiger partial charge in [0.05, 0.1) is 15.2 Å². The summed E-state index contributed by atoms with van der Waals surface area (Å²) in [6.07, 6.45) is 1.36. The highest BCUT2D eigenvalue weighted by molar-refractivity contribution is 14.1. The largest absolute Gasteiger partial charge is 0.477 e. The van der Waals surface area contributed by atoms with Crippen LogP contribution in [0.3, 0.4) is 0 Å². The quantitative estimate of drug-likeness (QED) is 0.367. The second-order valence-electron chi connectivity index (χ2n) is 6.11. The highest BCUT2D eigenvalue weighted by Gasteiger charge is 2.13. The number of carbonyl (C=O) groups excluding carboxylic acids is 1. The number of nitriles is 1. The molecule has 0 unspecified atom stereocenters. The molecule has 3 aromatic carbocycles. The summed E-state index contributed by atoms with van der Waals surface area (Å²) in [7, 11) is 0. The maximum absolute atomic E-state index is 12.3. The van der Waals surface area contributed by atoms with Gasteiger partial charge < -0.3 is 15.2 Å². The van der Waals surface area contributed by atoms with Crippen molar-refractivity contribution in [2.45, 2.75) is 0 Å². The zero-order chi connectivity index (χ0) is 21.5. The molecule has 0 heterocycles. The summed E-state index contributed by atoms with van der Waals surface area (Å²) in [5.41, 5.74) is 0.980. The lowest BCUT2D eigenvalue weighted by Crippen LogP contribution is -2.27. The Morgan fingerprint density at radius 2 is 1.67 bits per heavy atom. The Morgan fingerprint density at radius 3 is 2.27 bits per heavy atom. The number of amides is 1. The lowest BCUT2D eigenvalue weighted by Gasteiger charge is -2.09. The SMILES string of the molecule is N#Cc1ccc(C(=O)N/C(=C/c2ccc(Oc3ccccc3I)cc2)C(=O)O)cc1. The highest BCUT2D eigenvalue weighted by Crippen LogP contribution is 2.26. The van der Waals surface area contributed by atoms with E-state index in [9.17, 15) is 14.7 Å². The summed E-state index contributed by atoms with van der Waals surface area (Å²) in [5, 5.41) is 20.6. The minimum Gasteiger partial charge on any atom is -0.477 e. The third-order valence-corrected chi connectivity index (χ3v) is 4.90. The van der Waals surface area contributed by atoms with Crippen molar-refractivity contribution in [3.05, 3.63) is 98.8 Å². The van der Waals surface area contributed by atoms with Crippen LogP contribution >= 0.6 is 22.6 Å². The van der Waals surface area contributed by atoms with Crippen molar-refractivity contribution in [2.75, 3.05) is 0 Å². The average molecular weight is 510 g/mol. The van der Waals surface area contributed by atoms with Gasteiger partial charge in [-0.15, -0.1) is 0 Å². The predicted octanol–water partition coefficient (Wildman–Crippen LogP) is 4.81. The number of aliphatic carboxylic acids is 1. The first-order valence-electron chi connectivity index (χ1n) is 8.75. The maximum atomic E-state index is 12.3. The van der Waals surface area contributed by atoms with Crippen molar-refractivity contribution in [1.29, 1.82) is 5.26 Å². The van der Waals surface area contributed by atoms with Crippen molar-refractivity contribution in [3.8, 4) is 17.6 Å². The molecule has 7 heteroatoms. The zero-order valence-corrected chi connectivity index (χ0v) is 17.7. The lowest BCUT2D eigenvalue weighted by molar-refractivity contribution is -0.132. The number of nitrogens with one attached hydrogen (secondary N) is 1. The molecule has 1 amide bonds. The number of benzene rings is 3. The van der Waals surface area contributed by atoms with Gasteiger partial charge in [0.15, 0.2) is 0 Å². The molecular weight excluding hydrogens is 495 g/mol. The first-order valence-corrected chi connectivity index (χ1v) is 9.83. The number of carboxylic acids is 1. The van der Waals surface area contributed by atoms with Gasteiger partial charge >= 0.3 is 5.97 Å². The number of rotatable bonds is 6. The molecule has 6 nitrogen and oxygen atoms in total. The van der Waals surface area contributed by atoms with Crippen molar-refractivity contribution in [2.24, 2.45) is 0 Å². The monoisotopic (exact) mass is 510 g/mol. The van der Waals surface area contributed by atoms with E-state index in [2.05, 4.69) is 27.9 Å². The van der Waals surface area contributed by atoms with Crippen LogP contribution in [0.25, 0.3) is 6.08 Å². The van der Waals surface area contributed by atoms with E-state index in [1.807, 2.05) is 30.3 Å². The molecule has 0 aliphatic rings. The Balaban J connectivity index is 1.74. The van der Waals surface area contributed by atoms with Crippen LogP contribution in [0, 0.1) is 14.9 Å². The number of hydrogen-bond donors (Lipinski definition) is 2. The van der Waals surface area contributed by atoms with Crippen molar-refractivity contribution in [3.63, 3.8) is 0 Å². The molecule has 2 N–H and O–H groups in total. The summed E-state index contributed by atoms with van der Waals surface area (Å²) < 4.78 is 6.79. The first kappa shape index (κ1) is 21.1. The molecule has 0 saturated carbocycles. The van der Waals surface area contributed by atoms with Gasteiger partial charge in [-0.1, -0.05) is 24.3 Å². The van der Waals surface area contributed by atoms with Gasteiger partial charge in [0, 0.05) is 5.56 Å². The molecule has 0 radical (unpaired) electrons. The van der Waals surface area contributed by atoms with Gasteiger partial charge in [-0.05, 0) is 82.8 Å². The molecule has 0 saturated heterocycles. The molecule has 0 aliphatic carbocycles. The van der Waals surface area contributed by atoms with Crippen LogP contribution in [0.15, 0.2) is 78.5 Å². The number of carbonyl (C=O) groups is 2. The molecular formula is C23H15IN2O4. The van der Waals surface area contributed by atoms with Gasteiger partial charge in [0.2, 0.25) is 0 Å². The molecule has 0 bridgehead atoms. The molecule has 0 fully saturated rings. The standard InChI is InChI=1S/C23H15IN2O4/c24-19-3-1-2-4-21(19)30-18-11-7-15(8-12-18)13-20(23(28)29)26-22(27)17-9-5-16(14-25)6-10-17/h1-13H,(H,26,27)(H,28,29)/b20-13+. The van der Waals surface area contributed by atoms with Crippen LogP contribution in [0.2, 0.25) is 0 Å². The van der Waals surface area contributed by atoms with E-state index < -0.39 is 11.9 Å². The van der Waals surface area contributed by atoms with E-state index >= 15 is 0 Å². The third kappa shape index (κ3) is 5.46. The van der Waals surface area contributed by atoms with Crippen molar-refractivity contribution < 1.29 is 19.4 Å². The van der Waals surface area contributed by atoms with E-state index in [0.717, 1.165) is 9.32 Å². The smallest absolute Gasteiger partial charge is 0.352 e. The van der Waals surface area contributed by atoms with Gasteiger partial charge in [-0.25, -0.2) is 4.79 Å². The number of para-hydroxylation sites is 1. The average Bonchev–Trinajstić information content (AvgIpc) is 2.76. The topological polar surface area (TPSA) is 99.4 Å². The van der Waals surface area contributed by atoms with E-state index in [1.165, 1.54) is 30.3 Å². The molecule has 3 rings (SSSR count). The van der Waals surface area contributed by atoms with E-state index in [-0.39, 0.29) is 11.3 Å². The summed E-state index contributed by atoms with van der Waals surface area (Å²) in [4.78, 5) is 23.9. The number of ether oxygens (including phenoxy) is 1. The summed E-state index contributed by atoms with van der Waals surface area (Å²) in [5.74, 6) is -0.514. The third-order valence-electron chi connectivity index (χ3n) is 4.01. The zero-order valence-electron chi connectivity index (χ0n) is 15.5. The lowest BCUT2D eigenvalue weighted by atomic mass is 10.1. The minimum absolute atomic E-state index is 0.252. The van der Waals surface area contributed by atoms with Gasteiger partial charge in [0.25, 0.3) is 5.91 Å². The van der Waals surface area contributed by atoms with Crippen LogP contribution in [-0.2, 0) is 4.79 Å². The molecule has 30 heavy (non-hydrogen) atoms. The second kappa shape index (κ2) is 9.71. The fourth-order valence-electron chi connectivity index (χ4n) is 2.50. The molecule has 148 valence electrons. The number of carboxylic acid groups (broad SMARTS) is 1. The van der Waals surface area contributed by atoms with Gasteiger partial charge in [0.1, 0.15) is 17.2 Å². The minimum atomic E-state index is -1.27. The number of hydrogen-bond acceptors (Lipinski definition) is 4. The Hall–Kier alpha value is -3.64. The summed E-state index contributed by atoms with van der Waals surface area (Å²) in [6.45, 7) is 0. The van der Waals surface area contributed by atoms with E-state index in [1.54, 1.807) is 24.3 Å². The Kier molecular flexibility index (Phi) is 6.83. The first-order chi connectivity index (χ1) is 14.5. The molecule has 3 aromatic rings. The molecule has 0 atom stereocenters. The fraction of sp³-hybridized carbons (Fsp3) is 0. The van der Waals surface area contributed by atoms with Crippen LogP contribution in [0.4, 0.5) is 0 Å². The Labute approximate surface area is 186 Å².